The molecule has 3 aromatic rings. The summed E-state index contributed by atoms with van der Waals surface area (Å²) in [5.41, 5.74) is 0.627. The van der Waals surface area contributed by atoms with E-state index in [2.05, 4.69) is 16.0 Å². The number of hydrogen-bond acceptors (Lipinski definition) is 7. The number of fused-ring (bicyclic) bond motifs is 3. The molecule has 1 aliphatic rings. The van der Waals surface area contributed by atoms with Crippen LogP contribution in [0.3, 0.4) is 0 Å². The van der Waals surface area contributed by atoms with E-state index in [0.29, 0.717) is 17.1 Å². The third kappa shape index (κ3) is 7.38. The Morgan fingerprint density at radius 2 is 1.11 bits per heavy atom. The number of benzene rings is 3. The molecule has 2 bridgehead atoms. The molecule has 0 saturated carbocycles. The number of anilines is 1. The second kappa shape index (κ2) is 12.8. The minimum Gasteiger partial charge on any atom is -0.488 e. The SMILES string of the molecule is O=C1COc2cccc(c2NC(=O)c2ccccc2)OCC(=O)NCCOc2ccccc2OCCN1. The van der Waals surface area contributed by atoms with Gasteiger partial charge in [-0.15, -0.1) is 0 Å². The van der Waals surface area contributed by atoms with Crippen LogP contribution < -0.4 is 34.9 Å². The van der Waals surface area contributed by atoms with Crippen LogP contribution in [0.4, 0.5) is 5.69 Å². The van der Waals surface area contributed by atoms with Crippen LogP contribution in [0, 0.1) is 0 Å². The first-order valence-electron chi connectivity index (χ1n) is 11.7. The van der Waals surface area contributed by atoms with Gasteiger partial charge >= 0.3 is 0 Å². The van der Waals surface area contributed by atoms with Crippen LogP contribution >= 0.6 is 0 Å². The largest absolute Gasteiger partial charge is 0.488 e. The van der Waals surface area contributed by atoms with E-state index in [1.54, 1.807) is 60.7 Å². The summed E-state index contributed by atoms with van der Waals surface area (Å²) in [5.74, 6) is 0.324. The summed E-state index contributed by atoms with van der Waals surface area (Å²) in [4.78, 5) is 37.6. The number of carbonyl (C=O) groups is 3. The average molecular weight is 506 g/mol. The fourth-order valence-electron chi connectivity index (χ4n) is 3.43. The lowest BCUT2D eigenvalue weighted by molar-refractivity contribution is -0.123. The maximum absolute atomic E-state index is 12.8. The van der Waals surface area contributed by atoms with Crippen molar-refractivity contribution in [3.8, 4) is 23.0 Å². The normalized spacial score (nSPS) is 14.8. The van der Waals surface area contributed by atoms with Crippen LogP contribution in [0.15, 0.2) is 72.8 Å². The summed E-state index contributed by atoms with van der Waals surface area (Å²) >= 11 is 0. The predicted octanol–water partition coefficient (Wildman–Crippen LogP) is 2.40. The van der Waals surface area contributed by atoms with Crippen molar-refractivity contribution in [1.29, 1.82) is 0 Å². The molecule has 192 valence electrons. The molecule has 4 rings (SSSR count). The highest BCUT2D eigenvalue weighted by Crippen LogP contribution is 2.35. The minimum absolute atomic E-state index is 0.206. The van der Waals surface area contributed by atoms with Crippen LogP contribution in [0.1, 0.15) is 10.4 Å². The summed E-state index contributed by atoms with van der Waals surface area (Å²) in [7, 11) is 0. The van der Waals surface area contributed by atoms with E-state index < -0.39 is 5.91 Å². The van der Waals surface area contributed by atoms with Crippen molar-refractivity contribution < 1.29 is 33.3 Å². The monoisotopic (exact) mass is 505 g/mol. The van der Waals surface area contributed by atoms with Crippen molar-refractivity contribution in [3.05, 3.63) is 78.4 Å². The number of carbonyl (C=O) groups excluding carboxylic acids is 3. The third-order valence-corrected chi connectivity index (χ3v) is 5.19. The van der Waals surface area contributed by atoms with Crippen molar-refractivity contribution in [1.82, 2.24) is 10.6 Å². The molecule has 1 aliphatic heterocycles. The molecule has 3 N–H and O–H groups in total. The number of nitrogens with one attached hydrogen (secondary N) is 3. The van der Waals surface area contributed by atoms with Crippen LogP contribution in [0.25, 0.3) is 0 Å². The summed E-state index contributed by atoms with van der Waals surface area (Å²) in [6, 6.07) is 20.6. The number of ether oxygens (including phenoxy) is 4. The van der Waals surface area contributed by atoms with Crippen LogP contribution in [0.2, 0.25) is 0 Å². The number of hydrogen-bond donors (Lipinski definition) is 3. The average Bonchev–Trinajstić information content (AvgIpc) is 2.92. The Bertz CT molecular complexity index is 1170. The highest BCUT2D eigenvalue weighted by atomic mass is 16.5. The minimum atomic E-state index is -0.400. The summed E-state index contributed by atoms with van der Waals surface area (Å²) in [6.07, 6.45) is 0. The van der Waals surface area contributed by atoms with Crippen molar-refractivity contribution in [3.63, 3.8) is 0 Å². The topological polar surface area (TPSA) is 124 Å². The zero-order valence-corrected chi connectivity index (χ0v) is 20.0. The molecule has 37 heavy (non-hydrogen) atoms. The Hall–Kier alpha value is -4.73. The molecule has 0 spiro atoms. The Labute approximate surface area is 213 Å². The predicted molar refractivity (Wildman–Crippen MR) is 135 cm³/mol. The van der Waals surface area contributed by atoms with Gasteiger partial charge in [0.05, 0.1) is 13.1 Å². The van der Waals surface area contributed by atoms with Crippen molar-refractivity contribution in [2.45, 2.75) is 0 Å². The summed E-state index contributed by atoms with van der Waals surface area (Å²) in [5, 5.41) is 8.22. The van der Waals surface area contributed by atoms with Crippen LogP contribution in [0.5, 0.6) is 23.0 Å². The smallest absolute Gasteiger partial charge is 0.258 e. The first-order chi connectivity index (χ1) is 18.1. The standard InChI is InChI=1S/C27H27N3O7/c31-24-17-36-22-11-6-12-23(26(22)30-27(33)19-7-2-1-3-8-19)37-18-25(32)29-14-16-35-21-10-5-4-9-20(21)34-15-13-28-24/h1-12H,13-18H2,(H,28,31)(H,29,32)(H,30,33). The molecule has 10 nitrogen and oxygen atoms in total. The Morgan fingerprint density at radius 1 is 0.622 bits per heavy atom. The molecule has 0 fully saturated rings. The number of amides is 3. The Balaban J connectivity index is 1.51. The second-order valence-corrected chi connectivity index (χ2v) is 7.87. The van der Waals surface area contributed by atoms with E-state index in [-0.39, 0.29) is 68.5 Å². The van der Waals surface area contributed by atoms with Gasteiger partial charge in [-0.05, 0) is 36.4 Å². The molecule has 0 atom stereocenters. The first-order valence-corrected chi connectivity index (χ1v) is 11.7. The number of rotatable bonds is 2. The fraction of sp³-hybridized carbons (Fsp3) is 0.222. The lowest BCUT2D eigenvalue weighted by atomic mass is 10.2. The molecule has 3 amide bonds. The molecule has 0 aliphatic carbocycles. The van der Waals surface area contributed by atoms with Gasteiger partial charge in [0.1, 0.15) is 30.4 Å². The van der Waals surface area contributed by atoms with Crippen molar-refractivity contribution in [2.24, 2.45) is 0 Å². The molecule has 0 radical (unpaired) electrons. The van der Waals surface area contributed by atoms with Crippen molar-refractivity contribution in [2.75, 3.05) is 44.8 Å². The van der Waals surface area contributed by atoms with Gasteiger partial charge in [-0.3, -0.25) is 14.4 Å². The van der Waals surface area contributed by atoms with Crippen LogP contribution in [-0.4, -0.2) is 57.2 Å². The Kier molecular flexibility index (Phi) is 8.79. The zero-order valence-electron chi connectivity index (χ0n) is 20.0. The summed E-state index contributed by atoms with van der Waals surface area (Å²) < 4.78 is 22.9. The highest BCUT2D eigenvalue weighted by Gasteiger charge is 2.17. The van der Waals surface area contributed by atoms with Gasteiger partial charge in [0.2, 0.25) is 0 Å². The maximum atomic E-state index is 12.8. The molecular weight excluding hydrogens is 478 g/mol. The lowest BCUT2D eigenvalue weighted by Gasteiger charge is -2.17. The van der Waals surface area contributed by atoms with E-state index in [0.717, 1.165) is 0 Å². The maximum Gasteiger partial charge on any atom is 0.258 e. The first kappa shape index (κ1) is 25.4. The van der Waals surface area contributed by atoms with Gasteiger partial charge in [-0.25, -0.2) is 0 Å². The van der Waals surface area contributed by atoms with Crippen molar-refractivity contribution >= 4 is 23.4 Å². The third-order valence-electron chi connectivity index (χ3n) is 5.19. The quantitative estimate of drug-likeness (QED) is 0.489. The zero-order chi connectivity index (χ0) is 25.9. The van der Waals surface area contributed by atoms with Gasteiger partial charge < -0.3 is 34.9 Å². The van der Waals surface area contributed by atoms with E-state index >= 15 is 0 Å². The van der Waals surface area contributed by atoms with Gasteiger partial charge in [0.25, 0.3) is 17.7 Å². The molecule has 0 saturated heterocycles. The highest BCUT2D eigenvalue weighted by molar-refractivity contribution is 6.06. The molecule has 0 unspecified atom stereocenters. The summed E-state index contributed by atoms with van der Waals surface area (Å²) in [6.45, 7) is 0.297. The fourth-order valence-corrected chi connectivity index (χ4v) is 3.43. The van der Waals surface area contributed by atoms with Crippen LogP contribution in [-0.2, 0) is 9.59 Å². The molecule has 3 aromatic carbocycles. The van der Waals surface area contributed by atoms with Gasteiger partial charge in [0.15, 0.2) is 24.7 Å². The molecule has 10 heteroatoms. The van der Waals surface area contributed by atoms with E-state index in [9.17, 15) is 14.4 Å². The molecule has 1 heterocycles. The van der Waals surface area contributed by atoms with Gasteiger partial charge in [-0.2, -0.15) is 0 Å². The lowest BCUT2D eigenvalue weighted by Crippen LogP contribution is -2.32. The van der Waals surface area contributed by atoms with Gasteiger partial charge in [-0.1, -0.05) is 36.4 Å². The second-order valence-electron chi connectivity index (χ2n) is 7.87. The van der Waals surface area contributed by atoms with E-state index in [1.807, 2.05) is 12.1 Å². The van der Waals surface area contributed by atoms with E-state index in [4.69, 9.17) is 18.9 Å². The molecule has 0 aromatic heterocycles. The Morgan fingerprint density at radius 3 is 1.65 bits per heavy atom. The van der Waals surface area contributed by atoms with E-state index in [1.165, 1.54) is 0 Å². The van der Waals surface area contributed by atoms with Gasteiger partial charge in [0, 0.05) is 5.56 Å². The number of para-hydroxylation sites is 3. The molecular formula is C27H27N3O7.